The van der Waals surface area contributed by atoms with Crippen LogP contribution >= 0.6 is 0 Å². The Labute approximate surface area is 99.9 Å². The maximum absolute atomic E-state index is 2.44. The number of rotatable bonds is 5. The fraction of sp³-hybridized carbons (Fsp3) is 0.571. The van der Waals surface area contributed by atoms with Gasteiger partial charge >= 0.3 is 0 Å². The van der Waals surface area contributed by atoms with Crippen LogP contribution in [0.4, 0.5) is 5.69 Å². The van der Waals surface area contributed by atoms with Crippen molar-refractivity contribution in [2.24, 2.45) is 0 Å². The van der Waals surface area contributed by atoms with Gasteiger partial charge in [0.1, 0.15) is 0 Å². The molecular formula is C14H24N2. The average molecular weight is 220 g/mol. The zero-order valence-corrected chi connectivity index (χ0v) is 11.2. The Morgan fingerprint density at radius 1 is 1.06 bits per heavy atom. The molecular weight excluding hydrogens is 196 g/mol. The fourth-order valence-corrected chi connectivity index (χ4v) is 1.93. The highest BCUT2D eigenvalue weighted by atomic mass is 15.2. The molecule has 0 spiro atoms. The number of aryl methyl sites for hydroxylation is 2. The van der Waals surface area contributed by atoms with Crippen molar-refractivity contribution in [2.45, 2.75) is 20.8 Å². The van der Waals surface area contributed by atoms with Crippen LogP contribution in [-0.4, -0.2) is 38.6 Å². The van der Waals surface area contributed by atoms with E-state index in [-0.39, 0.29) is 0 Å². The molecule has 0 fully saturated rings. The molecule has 0 N–H and O–H groups in total. The maximum atomic E-state index is 2.44. The molecule has 0 unspecified atom stereocenters. The van der Waals surface area contributed by atoms with Crippen LogP contribution in [0.5, 0.6) is 0 Å². The van der Waals surface area contributed by atoms with Crippen LogP contribution in [-0.2, 0) is 0 Å². The number of hydrogen-bond acceptors (Lipinski definition) is 2. The molecule has 0 saturated carbocycles. The van der Waals surface area contributed by atoms with Crippen molar-refractivity contribution in [3.63, 3.8) is 0 Å². The van der Waals surface area contributed by atoms with Gasteiger partial charge in [0.15, 0.2) is 0 Å². The van der Waals surface area contributed by atoms with E-state index >= 15 is 0 Å². The second-order valence-electron chi connectivity index (χ2n) is 4.67. The van der Waals surface area contributed by atoms with Crippen LogP contribution in [0, 0.1) is 13.8 Å². The van der Waals surface area contributed by atoms with Gasteiger partial charge in [-0.3, -0.25) is 0 Å². The summed E-state index contributed by atoms with van der Waals surface area (Å²) in [6.45, 7) is 9.81. The Morgan fingerprint density at radius 3 is 2.25 bits per heavy atom. The van der Waals surface area contributed by atoms with Gasteiger partial charge < -0.3 is 9.80 Å². The minimum absolute atomic E-state index is 1.07. The summed E-state index contributed by atoms with van der Waals surface area (Å²) in [7, 11) is 4.24. The van der Waals surface area contributed by atoms with Gasteiger partial charge in [0.05, 0.1) is 0 Å². The largest absolute Gasteiger partial charge is 0.370 e. The Balaban J connectivity index is 2.78. The molecule has 2 heteroatoms. The first-order chi connectivity index (χ1) is 7.54. The molecule has 0 heterocycles. The van der Waals surface area contributed by atoms with E-state index in [9.17, 15) is 0 Å². The van der Waals surface area contributed by atoms with Crippen molar-refractivity contribution in [1.29, 1.82) is 0 Å². The molecule has 0 amide bonds. The smallest absolute Gasteiger partial charge is 0.0396 e. The molecule has 90 valence electrons. The van der Waals surface area contributed by atoms with E-state index in [1.54, 1.807) is 0 Å². The Bertz CT molecular complexity index is 332. The van der Waals surface area contributed by atoms with Crippen LogP contribution in [0.1, 0.15) is 18.1 Å². The van der Waals surface area contributed by atoms with Crippen LogP contribution in [0.3, 0.4) is 0 Å². The number of benzene rings is 1. The minimum atomic E-state index is 1.07. The van der Waals surface area contributed by atoms with Crippen molar-refractivity contribution < 1.29 is 0 Å². The molecule has 0 aliphatic carbocycles. The summed E-state index contributed by atoms with van der Waals surface area (Å²) >= 11 is 0. The highest BCUT2D eigenvalue weighted by Crippen LogP contribution is 2.20. The number of hydrogen-bond donors (Lipinski definition) is 0. The van der Waals surface area contributed by atoms with Crippen molar-refractivity contribution in [1.82, 2.24) is 4.90 Å². The topological polar surface area (TPSA) is 6.48 Å². The second-order valence-corrected chi connectivity index (χ2v) is 4.67. The third kappa shape index (κ3) is 3.53. The Hall–Kier alpha value is -1.02. The molecule has 16 heavy (non-hydrogen) atoms. The standard InChI is InChI=1S/C14H24N2/c1-6-16(10-9-15(4)5)14-8-7-12(2)11-13(14)3/h7-8,11H,6,9-10H2,1-5H3. The highest BCUT2D eigenvalue weighted by molar-refractivity contribution is 5.54. The van der Waals surface area contributed by atoms with E-state index in [1.165, 1.54) is 16.8 Å². The van der Waals surface area contributed by atoms with Crippen LogP contribution in [0.25, 0.3) is 0 Å². The van der Waals surface area contributed by atoms with E-state index in [0.717, 1.165) is 19.6 Å². The lowest BCUT2D eigenvalue weighted by molar-refractivity contribution is 0.414. The van der Waals surface area contributed by atoms with Gasteiger partial charge in [-0.2, -0.15) is 0 Å². The summed E-state index contributed by atoms with van der Waals surface area (Å²) < 4.78 is 0. The molecule has 0 saturated heterocycles. The van der Waals surface area contributed by atoms with E-state index in [1.807, 2.05) is 0 Å². The molecule has 2 nitrogen and oxygen atoms in total. The summed E-state index contributed by atoms with van der Waals surface area (Å²) in [6, 6.07) is 6.69. The van der Waals surface area contributed by atoms with Gasteiger partial charge in [-0.25, -0.2) is 0 Å². The number of likely N-dealkylation sites (N-methyl/N-ethyl adjacent to an activating group) is 2. The summed E-state index contributed by atoms with van der Waals surface area (Å²) in [5.41, 5.74) is 4.08. The molecule has 1 rings (SSSR count). The van der Waals surface area contributed by atoms with Crippen LogP contribution in [0.2, 0.25) is 0 Å². The lowest BCUT2D eigenvalue weighted by Crippen LogP contribution is -2.31. The first kappa shape index (κ1) is 13.0. The predicted octanol–water partition coefficient (Wildman–Crippen LogP) is 2.69. The van der Waals surface area contributed by atoms with Crippen molar-refractivity contribution in [2.75, 3.05) is 38.6 Å². The maximum Gasteiger partial charge on any atom is 0.0396 e. The summed E-state index contributed by atoms with van der Waals surface area (Å²) in [6.07, 6.45) is 0. The molecule has 0 aliphatic rings. The fourth-order valence-electron chi connectivity index (χ4n) is 1.93. The molecule has 0 bridgehead atoms. The third-order valence-corrected chi connectivity index (χ3v) is 2.89. The van der Waals surface area contributed by atoms with E-state index in [4.69, 9.17) is 0 Å². The molecule has 0 radical (unpaired) electrons. The highest BCUT2D eigenvalue weighted by Gasteiger charge is 2.07. The SMILES string of the molecule is CCN(CCN(C)C)c1ccc(C)cc1C. The quantitative estimate of drug-likeness (QED) is 0.753. The van der Waals surface area contributed by atoms with Crippen LogP contribution < -0.4 is 4.90 Å². The zero-order valence-electron chi connectivity index (χ0n) is 11.2. The molecule has 1 aromatic rings. The summed E-state index contributed by atoms with van der Waals surface area (Å²) in [5.74, 6) is 0. The van der Waals surface area contributed by atoms with E-state index < -0.39 is 0 Å². The van der Waals surface area contributed by atoms with E-state index in [0.29, 0.717) is 0 Å². The first-order valence-corrected chi connectivity index (χ1v) is 6.01. The van der Waals surface area contributed by atoms with Crippen molar-refractivity contribution >= 4 is 5.69 Å². The minimum Gasteiger partial charge on any atom is -0.370 e. The average Bonchev–Trinajstić information content (AvgIpc) is 2.21. The van der Waals surface area contributed by atoms with Gasteiger partial charge in [0.25, 0.3) is 0 Å². The van der Waals surface area contributed by atoms with Gasteiger partial charge in [0.2, 0.25) is 0 Å². The lowest BCUT2D eigenvalue weighted by Gasteiger charge is -2.26. The van der Waals surface area contributed by atoms with Gasteiger partial charge in [-0.05, 0) is 46.5 Å². The van der Waals surface area contributed by atoms with Gasteiger partial charge in [0, 0.05) is 25.3 Å². The normalized spacial score (nSPS) is 10.9. The molecule has 1 aromatic carbocycles. The zero-order chi connectivity index (χ0) is 12.1. The van der Waals surface area contributed by atoms with Gasteiger partial charge in [-0.15, -0.1) is 0 Å². The van der Waals surface area contributed by atoms with Gasteiger partial charge in [-0.1, -0.05) is 17.7 Å². The molecule has 0 aliphatic heterocycles. The predicted molar refractivity (Wildman–Crippen MR) is 72.4 cm³/mol. The third-order valence-electron chi connectivity index (χ3n) is 2.89. The first-order valence-electron chi connectivity index (χ1n) is 6.01. The Morgan fingerprint density at radius 2 is 1.75 bits per heavy atom. The number of anilines is 1. The van der Waals surface area contributed by atoms with Crippen LogP contribution in [0.15, 0.2) is 18.2 Å². The monoisotopic (exact) mass is 220 g/mol. The Kier molecular flexibility index (Phi) is 4.81. The number of nitrogens with zero attached hydrogens (tertiary/aromatic N) is 2. The van der Waals surface area contributed by atoms with Crippen molar-refractivity contribution in [3.05, 3.63) is 29.3 Å². The van der Waals surface area contributed by atoms with E-state index in [2.05, 4.69) is 62.9 Å². The summed E-state index contributed by atoms with van der Waals surface area (Å²) in [5, 5.41) is 0. The second kappa shape index (κ2) is 5.90. The summed E-state index contributed by atoms with van der Waals surface area (Å²) in [4.78, 5) is 4.67. The van der Waals surface area contributed by atoms with Crippen molar-refractivity contribution in [3.8, 4) is 0 Å². The molecule has 0 atom stereocenters. The lowest BCUT2D eigenvalue weighted by atomic mass is 10.1. The molecule has 0 aromatic heterocycles.